The van der Waals surface area contributed by atoms with Gasteiger partial charge in [0.1, 0.15) is 6.04 Å². The third kappa shape index (κ3) is 8.29. The Labute approximate surface area is 228 Å². The maximum atomic E-state index is 13.7. The molecule has 0 aliphatic rings. The van der Waals surface area contributed by atoms with Crippen molar-refractivity contribution in [1.29, 1.82) is 0 Å². The van der Waals surface area contributed by atoms with E-state index in [0.717, 1.165) is 17.5 Å². The summed E-state index contributed by atoms with van der Waals surface area (Å²) >= 11 is 14.5. The lowest BCUT2D eigenvalue weighted by Crippen LogP contribution is -2.52. The molecule has 0 heterocycles. The van der Waals surface area contributed by atoms with Crippen LogP contribution in [0.5, 0.6) is 0 Å². The van der Waals surface area contributed by atoms with Crippen LogP contribution in [0.2, 0.25) is 10.0 Å². The molecule has 36 heavy (non-hydrogen) atoms. The summed E-state index contributed by atoms with van der Waals surface area (Å²) in [6, 6.07) is 24.3. The van der Waals surface area contributed by atoms with Gasteiger partial charge >= 0.3 is 0 Å². The summed E-state index contributed by atoms with van der Waals surface area (Å²) in [5.41, 5.74) is 2.75. The van der Waals surface area contributed by atoms with Gasteiger partial charge in [-0.2, -0.15) is 0 Å². The fraction of sp³-hybridized carbons (Fsp3) is 0.310. The third-order valence-electron chi connectivity index (χ3n) is 6.00. The van der Waals surface area contributed by atoms with Crippen molar-refractivity contribution in [3.05, 3.63) is 106 Å². The van der Waals surface area contributed by atoms with Gasteiger partial charge in [0.15, 0.2) is 0 Å². The highest BCUT2D eigenvalue weighted by atomic mass is 35.5. The second kappa shape index (κ2) is 14.3. The van der Waals surface area contributed by atoms with Crippen LogP contribution in [0.25, 0.3) is 0 Å². The minimum Gasteiger partial charge on any atom is -0.352 e. The predicted octanol–water partition coefficient (Wildman–Crippen LogP) is 6.78. The first-order valence-electron chi connectivity index (χ1n) is 12.1. The van der Waals surface area contributed by atoms with Crippen LogP contribution in [0.4, 0.5) is 0 Å². The van der Waals surface area contributed by atoms with Crippen molar-refractivity contribution in [3.8, 4) is 0 Å². The molecule has 0 aliphatic heterocycles. The van der Waals surface area contributed by atoms with Gasteiger partial charge in [-0.1, -0.05) is 96.9 Å². The average Bonchev–Trinajstić information content (AvgIpc) is 2.88. The monoisotopic (exact) mass is 542 g/mol. The van der Waals surface area contributed by atoms with E-state index in [4.69, 9.17) is 23.2 Å². The van der Waals surface area contributed by atoms with Crippen molar-refractivity contribution in [2.75, 3.05) is 5.75 Å². The molecule has 190 valence electrons. The van der Waals surface area contributed by atoms with E-state index in [1.54, 1.807) is 23.1 Å². The Hall–Kier alpha value is -2.47. The largest absolute Gasteiger partial charge is 0.352 e. The molecule has 0 unspecified atom stereocenters. The van der Waals surface area contributed by atoms with Crippen molar-refractivity contribution in [1.82, 2.24) is 10.2 Å². The third-order valence-corrected chi connectivity index (χ3v) is 7.70. The highest BCUT2D eigenvalue weighted by Crippen LogP contribution is 2.28. The highest BCUT2D eigenvalue weighted by Gasteiger charge is 2.31. The number of rotatable bonds is 12. The number of carbonyl (C=O) groups excluding carboxylic acids is 2. The number of hydrogen-bond donors (Lipinski definition) is 1. The van der Waals surface area contributed by atoms with Crippen molar-refractivity contribution in [3.63, 3.8) is 0 Å². The number of hydrogen-bond acceptors (Lipinski definition) is 3. The Morgan fingerprint density at radius 3 is 2.06 bits per heavy atom. The topological polar surface area (TPSA) is 49.4 Å². The molecule has 7 heteroatoms. The van der Waals surface area contributed by atoms with Crippen LogP contribution >= 0.6 is 35.0 Å². The van der Waals surface area contributed by atoms with Gasteiger partial charge in [0, 0.05) is 40.4 Å². The smallest absolute Gasteiger partial charge is 0.243 e. The molecule has 3 aromatic carbocycles. The maximum Gasteiger partial charge on any atom is 0.243 e. The highest BCUT2D eigenvalue weighted by molar-refractivity contribution is 7.99. The molecular formula is C29H32Cl2N2O2S. The van der Waals surface area contributed by atoms with Crippen LogP contribution in [-0.4, -0.2) is 34.6 Å². The minimum atomic E-state index is -0.710. The summed E-state index contributed by atoms with van der Waals surface area (Å²) in [6.45, 7) is 4.13. The molecule has 0 radical (unpaired) electrons. The Balaban J connectivity index is 1.91. The lowest BCUT2D eigenvalue weighted by Gasteiger charge is -2.32. The van der Waals surface area contributed by atoms with E-state index in [9.17, 15) is 9.59 Å². The molecule has 0 saturated carbocycles. The van der Waals surface area contributed by atoms with Crippen LogP contribution in [-0.2, 0) is 28.3 Å². The summed E-state index contributed by atoms with van der Waals surface area (Å²) in [7, 11) is 0. The number of carbonyl (C=O) groups is 2. The number of amides is 2. The number of benzene rings is 3. The summed E-state index contributed by atoms with van der Waals surface area (Å²) in [6.07, 6.45) is 1.18. The maximum absolute atomic E-state index is 13.7. The number of nitrogens with zero attached hydrogens (tertiary/aromatic N) is 1. The van der Waals surface area contributed by atoms with Crippen LogP contribution in [0.3, 0.4) is 0 Å². The van der Waals surface area contributed by atoms with Gasteiger partial charge in [-0.3, -0.25) is 9.59 Å². The predicted molar refractivity (Wildman–Crippen MR) is 151 cm³/mol. The van der Waals surface area contributed by atoms with E-state index in [-0.39, 0.29) is 30.2 Å². The first-order valence-corrected chi connectivity index (χ1v) is 14.0. The van der Waals surface area contributed by atoms with Crippen molar-refractivity contribution in [2.24, 2.45) is 0 Å². The molecule has 0 aromatic heterocycles. The second-order valence-corrected chi connectivity index (χ2v) is 10.5. The SMILES string of the molecule is CC[C@@H](C)NC(=O)[C@H](Cc1ccccc1)N(Cc1c(Cl)cccc1Cl)C(=O)CSCc1ccccc1. The van der Waals surface area contributed by atoms with E-state index in [0.29, 0.717) is 27.8 Å². The molecule has 1 N–H and O–H groups in total. The van der Waals surface area contributed by atoms with Crippen LogP contribution < -0.4 is 5.32 Å². The first kappa shape index (κ1) is 28.1. The van der Waals surface area contributed by atoms with Crippen LogP contribution in [0.15, 0.2) is 78.9 Å². The number of thioether (sulfide) groups is 1. The first-order chi connectivity index (χ1) is 17.4. The molecule has 2 amide bonds. The Kier molecular flexibility index (Phi) is 11.2. The fourth-order valence-corrected chi connectivity index (χ4v) is 5.15. The van der Waals surface area contributed by atoms with Gasteiger partial charge in [0.2, 0.25) is 11.8 Å². The molecule has 0 saturated heterocycles. The molecule has 0 spiro atoms. The van der Waals surface area contributed by atoms with Gasteiger partial charge in [0.25, 0.3) is 0 Å². The van der Waals surface area contributed by atoms with Gasteiger partial charge in [-0.05, 0) is 36.6 Å². The lowest BCUT2D eigenvalue weighted by molar-refractivity contribution is -0.139. The molecule has 2 atom stereocenters. The second-order valence-electron chi connectivity index (χ2n) is 8.72. The fourth-order valence-electron chi connectivity index (χ4n) is 3.76. The molecule has 3 rings (SSSR count). The van der Waals surface area contributed by atoms with E-state index in [1.807, 2.05) is 74.5 Å². The van der Waals surface area contributed by atoms with Crippen molar-refractivity contribution >= 4 is 46.8 Å². The van der Waals surface area contributed by atoms with E-state index in [2.05, 4.69) is 5.32 Å². The summed E-state index contributed by atoms with van der Waals surface area (Å²) < 4.78 is 0. The zero-order chi connectivity index (χ0) is 25.9. The molecule has 4 nitrogen and oxygen atoms in total. The van der Waals surface area contributed by atoms with Gasteiger partial charge in [-0.25, -0.2) is 0 Å². The standard InChI is InChI=1S/C29H32Cl2N2O2S/c1-3-21(2)32-29(35)27(17-22-11-6-4-7-12-22)33(18-24-25(30)15-10-16-26(24)31)28(34)20-36-19-23-13-8-5-9-14-23/h4-16,21,27H,3,17-20H2,1-2H3,(H,32,35)/t21-,27+/m1/s1. The van der Waals surface area contributed by atoms with Crippen molar-refractivity contribution < 1.29 is 9.59 Å². The van der Waals surface area contributed by atoms with Gasteiger partial charge in [-0.15, -0.1) is 11.8 Å². The molecule has 0 bridgehead atoms. The van der Waals surface area contributed by atoms with Crippen LogP contribution in [0, 0.1) is 0 Å². The summed E-state index contributed by atoms with van der Waals surface area (Å²) in [5, 5.41) is 4.02. The zero-order valence-electron chi connectivity index (χ0n) is 20.6. The number of nitrogens with one attached hydrogen (secondary N) is 1. The molecule has 3 aromatic rings. The molecule has 0 aliphatic carbocycles. The van der Waals surface area contributed by atoms with Crippen molar-refractivity contribution in [2.45, 2.75) is 51.1 Å². The molecule has 0 fully saturated rings. The Morgan fingerprint density at radius 2 is 1.47 bits per heavy atom. The summed E-state index contributed by atoms with van der Waals surface area (Å²) in [4.78, 5) is 28.9. The van der Waals surface area contributed by atoms with Gasteiger partial charge in [0.05, 0.1) is 5.75 Å². The van der Waals surface area contributed by atoms with E-state index >= 15 is 0 Å². The summed E-state index contributed by atoms with van der Waals surface area (Å²) in [5.74, 6) is 0.624. The zero-order valence-corrected chi connectivity index (χ0v) is 23.0. The Bertz CT molecular complexity index is 1110. The number of halogens is 2. The van der Waals surface area contributed by atoms with E-state index in [1.165, 1.54) is 11.8 Å². The Morgan fingerprint density at radius 1 is 0.889 bits per heavy atom. The average molecular weight is 544 g/mol. The minimum absolute atomic E-state index is 0.0101. The van der Waals surface area contributed by atoms with Crippen LogP contribution in [0.1, 0.15) is 37.0 Å². The van der Waals surface area contributed by atoms with E-state index < -0.39 is 6.04 Å². The normalized spacial score (nSPS) is 12.6. The van der Waals surface area contributed by atoms with Gasteiger partial charge < -0.3 is 10.2 Å². The molecular weight excluding hydrogens is 511 g/mol. The quantitative estimate of drug-likeness (QED) is 0.274. The lowest BCUT2D eigenvalue weighted by atomic mass is 10.0.